The highest BCUT2D eigenvalue weighted by atomic mass is 79.9. The molecule has 1 amide bonds. The van der Waals surface area contributed by atoms with Crippen LogP contribution in [0.25, 0.3) is 0 Å². The molecule has 0 spiro atoms. The van der Waals surface area contributed by atoms with E-state index in [4.69, 9.17) is 4.74 Å². The predicted octanol–water partition coefficient (Wildman–Crippen LogP) is 4.37. The zero-order valence-corrected chi connectivity index (χ0v) is 17.9. The maximum absolute atomic E-state index is 12.2. The van der Waals surface area contributed by atoms with Crippen LogP contribution in [0, 0.1) is 18.3 Å². The Hall–Kier alpha value is -1.94. The van der Waals surface area contributed by atoms with E-state index in [9.17, 15) is 10.1 Å². The van der Waals surface area contributed by atoms with Crippen LogP contribution >= 0.6 is 15.9 Å². The molecule has 27 heavy (non-hydrogen) atoms. The molecule has 0 bridgehead atoms. The molecule has 0 aliphatic carbocycles. The molecular formula is C20H27BrN4O2. The first-order valence-electron chi connectivity index (χ1n) is 9.39. The van der Waals surface area contributed by atoms with E-state index >= 15 is 0 Å². The van der Waals surface area contributed by atoms with Crippen molar-refractivity contribution >= 4 is 33.4 Å². The van der Waals surface area contributed by atoms with Gasteiger partial charge >= 0.3 is 6.09 Å². The number of likely N-dealkylation sites (tertiary alicyclic amines) is 1. The molecule has 0 aromatic heterocycles. The molecule has 2 heterocycles. The van der Waals surface area contributed by atoms with Gasteiger partial charge < -0.3 is 20.3 Å². The van der Waals surface area contributed by atoms with Crippen LogP contribution in [0.1, 0.15) is 50.3 Å². The van der Waals surface area contributed by atoms with Crippen molar-refractivity contribution in [1.29, 1.82) is 5.26 Å². The number of piperidine rings is 1. The number of nitrogens with one attached hydrogen (secondary N) is 2. The van der Waals surface area contributed by atoms with E-state index in [1.165, 1.54) is 0 Å². The summed E-state index contributed by atoms with van der Waals surface area (Å²) in [4.78, 5) is 14.2. The number of amides is 1. The quantitative estimate of drug-likeness (QED) is 0.533. The van der Waals surface area contributed by atoms with Crippen LogP contribution in [0.2, 0.25) is 0 Å². The summed E-state index contributed by atoms with van der Waals surface area (Å²) in [5.41, 5.74) is 4.34. The molecule has 6 nitrogen and oxygen atoms in total. The summed E-state index contributed by atoms with van der Waals surface area (Å²) in [6.45, 7) is 8.98. The van der Waals surface area contributed by atoms with Gasteiger partial charge in [-0.1, -0.05) is 15.9 Å². The van der Waals surface area contributed by atoms with Gasteiger partial charge in [-0.25, -0.2) is 4.79 Å². The summed E-state index contributed by atoms with van der Waals surface area (Å²) < 4.78 is 5.46. The number of carbonyl (C=O) groups excluding carboxylic acids is 1. The number of carbonyl (C=O) groups is 1. The Morgan fingerprint density at radius 2 is 2.07 bits per heavy atom. The summed E-state index contributed by atoms with van der Waals surface area (Å²) in [5.74, 6) is 0. The van der Waals surface area contributed by atoms with Crippen molar-refractivity contribution in [3.63, 3.8) is 0 Å². The van der Waals surface area contributed by atoms with Crippen LogP contribution in [0.4, 0.5) is 16.2 Å². The van der Waals surface area contributed by atoms with Gasteiger partial charge in [0.1, 0.15) is 11.7 Å². The lowest BCUT2D eigenvalue weighted by Crippen LogP contribution is -2.44. The van der Waals surface area contributed by atoms with Gasteiger partial charge in [0.15, 0.2) is 0 Å². The average Bonchev–Trinajstić information content (AvgIpc) is 2.94. The Labute approximate surface area is 169 Å². The molecule has 2 aliphatic rings. The number of benzene rings is 1. The average molecular weight is 435 g/mol. The minimum absolute atomic E-state index is 0.173. The van der Waals surface area contributed by atoms with Gasteiger partial charge in [-0.15, -0.1) is 0 Å². The van der Waals surface area contributed by atoms with E-state index in [1.807, 2.05) is 27.7 Å². The van der Waals surface area contributed by atoms with Crippen LogP contribution in [0.15, 0.2) is 6.07 Å². The van der Waals surface area contributed by atoms with Crippen LogP contribution < -0.4 is 10.6 Å². The first kappa shape index (κ1) is 19.8. The minimum atomic E-state index is -0.470. The van der Waals surface area contributed by atoms with Gasteiger partial charge in [0.25, 0.3) is 0 Å². The monoisotopic (exact) mass is 434 g/mol. The Morgan fingerprint density at radius 3 is 2.67 bits per heavy atom. The molecule has 1 aromatic carbocycles. The minimum Gasteiger partial charge on any atom is -0.444 e. The molecule has 1 aromatic rings. The number of halogens is 1. The molecule has 1 fully saturated rings. The summed E-state index contributed by atoms with van der Waals surface area (Å²) in [6.07, 6.45) is 2.33. The molecule has 1 saturated heterocycles. The molecule has 0 radical (unpaired) electrons. The van der Waals surface area contributed by atoms with E-state index < -0.39 is 5.60 Å². The second-order valence-electron chi connectivity index (χ2n) is 8.27. The number of ether oxygens (including phenoxy) is 1. The smallest absolute Gasteiger partial charge is 0.410 e. The highest BCUT2D eigenvalue weighted by molar-refractivity contribution is 9.09. The number of hydrogen-bond donors (Lipinski definition) is 2. The summed E-state index contributed by atoms with van der Waals surface area (Å²) in [5, 5.41) is 16.5. The van der Waals surface area contributed by atoms with Gasteiger partial charge in [-0.3, -0.25) is 0 Å². The van der Waals surface area contributed by atoms with Crippen LogP contribution in [0.5, 0.6) is 0 Å². The molecule has 2 aliphatic heterocycles. The Bertz CT molecular complexity index is 774. The van der Waals surface area contributed by atoms with Gasteiger partial charge in [0, 0.05) is 31.2 Å². The second-order valence-corrected chi connectivity index (χ2v) is 9.38. The number of nitrogens with zero attached hydrogens (tertiary/aromatic N) is 2. The number of alkyl halides is 1. The van der Waals surface area contributed by atoms with Crippen LogP contribution in [0.3, 0.4) is 0 Å². The van der Waals surface area contributed by atoms with E-state index in [0.29, 0.717) is 18.7 Å². The Balaban J connectivity index is 1.66. The third-order valence-corrected chi connectivity index (χ3v) is 5.54. The van der Waals surface area contributed by atoms with E-state index in [-0.39, 0.29) is 17.1 Å². The molecule has 1 atom stereocenters. The Kier molecular flexibility index (Phi) is 5.57. The van der Waals surface area contributed by atoms with Crippen molar-refractivity contribution in [3.05, 3.63) is 22.8 Å². The largest absolute Gasteiger partial charge is 0.444 e. The van der Waals surface area contributed by atoms with Crippen molar-refractivity contribution in [3.8, 4) is 6.07 Å². The molecule has 146 valence electrons. The zero-order valence-electron chi connectivity index (χ0n) is 16.4. The fourth-order valence-electron chi connectivity index (χ4n) is 3.61. The van der Waals surface area contributed by atoms with E-state index in [0.717, 1.165) is 41.8 Å². The number of nitriles is 1. The molecule has 2 N–H and O–H groups in total. The topological polar surface area (TPSA) is 77.4 Å². The maximum atomic E-state index is 12.2. The lowest BCUT2D eigenvalue weighted by Gasteiger charge is -2.34. The highest BCUT2D eigenvalue weighted by Gasteiger charge is 2.28. The Morgan fingerprint density at radius 1 is 1.41 bits per heavy atom. The normalized spacial score (nSPS) is 19.9. The lowest BCUT2D eigenvalue weighted by molar-refractivity contribution is 0.0210. The third-order valence-electron chi connectivity index (χ3n) is 4.99. The summed E-state index contributed by atoms with van der Waals surface area (Å²) >= 11 is 3.58. The maximum Gasteiger partial charge on any atom is 0.410 e. The van der Waals surface area contributed by atoms with Crippen molar-refractivity contribution in [2.45, 2.75) is 63.6 Å². The number of anilines is 2. The van der Waals surface area contributed by atoms with Gasteiger partial charge in [0.05, 0.1) is 16.2 Å². The van der Waals surface area contributed by atoms with E-state index in [1.54, 1.807) is 4.90 Å². The number of fused-ring (bicyclic) bond motifs is 1. The third kappa shape index (κ3) is 4.49. The van der Waals surface area contributed by atoms with Crippen LogP contribution in [-0.4, -0.2) is 40.7 Å². The van der Waals surface area contributed by atoms with Crippen LogP contribution in [-0.2, 0) is 11.2 Å². The van der Waals surface area contributed by atoms with Crippen molar-refractivity contribution < 1.29 is 9.53 Å². The first-order chi connectivity index (χ1) is 12.7. The standard InChI is InChI=1S/C20H27BrN4O2/c1-12-15(11-22)18-13(10-17(21)24-18)9-16(12)23-14-5-7-25(8-6-14)19(26)27-20(2,3)4/h9,14,17,23-24H,5-8,10H2,1-4H3. The molecule has 0 saturated carbocycles. The van der Waals surface area contributed by atoms with Crippen molar-refractivity contribution in [2.24, 2.45) is 0 Å². The SMILES string of the molecule is Cc1c(NC2CCN(C(=O)OC(C)(C)C)CC2)cc2c(c1C#N)NC(Br)C2. The predicted molar refractivity (Wildman–Crippen MR) is 110 cm³/mol. The number of hydrogen-bond acceptors (Lipinski definition) is 5. The molecule has 3 rings (SSSR count). The van der Waals surface area contributed by atoms with Crippen molar-refractivity contribution in [2.75, 3.05) is 23.7 Å². The lowest BCUT2D eigenvalue weighted by atomic mass is 9.98. The zero-order chi connectivity index (χ0) is 19.8. The van der Waals surface area contributed by atoms with Gasteiger partial charge in [-0.05, 0) is 57.7 Å². The van der Waals surface area contributed by atoms with Gasteiger partial charge in [0.2, 0.25) is 0 Å². The molecule has 7 heteroatoms. The van der Waals surface area contributed by atoms with Crippen molar-refractivity contribution in [1.82, 2.24) is 4.90 Å². The second kappa shape index (κ2) is 7.59. The van der Waals surface area contributed by atoms with Gasteiger partial charge in [-0.2, -0.15) is 5.26 Å². The first-order valence-corrected chi connectivity index (χ1v) is 10.3. The fourth-order valence-corrected chi connectivity index (χ4v) is 4.18. The highest BCUT2D eigenvalue weighted by Crippen LogP contribution is 2.37. The summed E-state index contributed by atoms with van der Waals surface area (Å²) in [6, 6.07) is 4.78. The summed E-state index contributed by atoms with van der Waals surface area (Å²) in [7, 11) is 0. The fraction of sp³-hybridized carbons (Fsp3) is 0.600. The number of rotatable bonds is 2. The van der Waals surface area contributed by atoms with E-state index in [2.05, 4.69) is 38.7 Å². The molecule has 1 unspecified atom stereocenters. The molecular weight excluding hydrogens is 408 g/mol.